The Kier molecular flexibility index (Phi) is 5.69. The number of rotatable bonds is 7. The summed E-state index contributed by atoms with van der Waals surface area (Å²) in [4.78, 5) is 1.16. The van der Waals surface area contributed by atoms with E-state index in [4.69, 9.17) is 11.6 Å². The van der Waals surface area contributed by atoms with Crippen molar-refractivity contribution in [2.24, 2.45) is 5.92 Å². The van der Waals surface area contributed by atoms with Gasteiger partial charge in [-0.2, -0.15) is 0 Å². The van der Waals surface area contributed by atoms with Crippen LogP contribution in [0.3, 0.4) is 0 Å². The summed E-state index contributed by atoms with van der Waals surface area (Å²) < 4.78 is 2.16. The van der Waals surface area contributed by atoms with Crippen LogP contribution in [0.15, 0.2) is 34.8 Å². The predicted octanol–water partition coefficient (Wildman–Crippen LogP) is 4.55. The van der Waals surface area contributed by atoms with Gasteiger partial charge in [0.15, 0.2) is 11.0 Å². The van der Waals surface area contributed by atoms with Crippen LogP contribution in [-0.2, 0) is 6.54 Å². The quantitative estimate of drug-likeness (QED) is 0.424. The minimum atomic E-state index is 0.379. The van der Waals surface area contributed by atoms with Crippen LogP contribution in [0, 0.1) is 5.92 Å². The Hall–Kier alpha value is -0.780. The average Bonchev–Trinajstić information content (AvgIpc) is 3.11. The van der Waals surface area contributed by atoms with Crippen molar-refractivity contribution in [3.05, 3.63) is 29.7 Å². The number of hydrogen-bond acceptors (Lipinski definition) is 4. The number of nitrogens with zero attached hydrogens (tertiary/aromatic N) is 3. The highest BCUT2D eigenvalue weighted by atomic mass is 35.5. The maximum Gasteiger partial charge on any atom is 0.191 e. The molecule has 0 aliphatic carbocycles. The van der Waals surface area contributed by atoms with E-state index < -0.39 is 0 Å². The summed E-state index contributed by atoms with van der Waals surface area (Å²) in [7, 11) is 0. The summed E-state index contributed by atoms with van der Waals surface area (Å²) in [6, 6.07) is 4.11. The van der Waals surface area contributed by atoms with Crippen molar-refractivity contribution >= 4 is 34.7 Å². The van der Waals surface area contributed by atoms with E-state index in [1.54, 1.807) is 23.1 Å². The van der Waals surface area contributed by atoms with Gasteiger partial charge in [0, 0.05) is 18.2 Å². The van der Waals surface area contributed by atoms with Crippen LogP contribution in [0.25, 0.3) is 10.7 Å². The first-order valence-corrected chi connectivity index (χ1v) is 8.90. The summed E-state index contributed by atoms with van der Waals surface area (Å²) in [6.07, 6.45) is 0. The zero-order chi connectivity index (χ0) is 14.5. The second kappa shape index (κ2) is 7.29. The van der Waals surface area contributed by atoms with Gasteiger partial charge in [0.1, 0.15) is 0 Å². The molecule has 0 saturated carbocycles. The molecule has 2 rings (SSSR count). The van der Waals surface area contributed by atoms with E-state index in [1.165, 1.54) is 0 Å². The van der Waals surface area contributed by atoms with Crippen LogP contribution in [-0.4, -0.2) is 26.4 Å². The summed E-state index contributed by atoms with van der Waals surface area (Å²) in [5.74, 6) is 2.77. The fourth-order valence-corrected chi connectivity index (χ4v) is 3.80. The van der Waals surface area contributed by atoms with Gasteiger partial charge >= 0.3 is 0 Å². The Morgan fingerprint density at radius 2 is 2.35 bits per heavy atom. The molecule has 0 aromatic carbocycles. The number of allylic oxidation sites excluding steroid dienone is 1. The van der Waals surface area contributed by atoms with Gasteiger partial charge in [0.05, 0.1) is 4.88 Å². The van der Waals surface area contributed by atoms with Crippen molar-refractivity contribution in [1.82, 2.24) is 14.8 Å². The molecule has 0 fully saturated rings. The number of hydrogen-bond donors (Lipinski definition) is 0. The van der Waals surface area contributed by atoms with Crippen molar-refractivity contribution in [3.8, 4) is 10.7 Å². The third-order valence-electron chi connectivity index (χ3n) is 3.11. The first-order valence-electron chi connectivity index (χ1n) is 6.50. The molecule has 0 radical (unpaired) electrons. The molecule has 0 N–H and O–H groups in total. The molecule has 0 aliphatic heterocycles. The molecule has 1 unspecified atom stereocenters. The molecular weight excluding hydrogens is 310 g/mol. The highest BCUT2D eigenvalue weighted by molar-refractivity contribution is 7.99. The van der Waals surface area contributed by atoms with Crippen molar-refractivity contribution in [1.29, 1.82) is 0 Å². The molecule has 20 heavy (non-hydrogen) atoms. The van der Waals surface area contributed by atoms with Gasteiger partial charge in [-0.3, -0.25) is 0 Å². The molecule has 6 heteroatoms. The van der Waals surface area contributed by atoms with E-state index in [-0.39, 0.29) is 0 Å². The van der Waals surface area contributed by atoms with Gasteiger partial charge in [-0.05, 0) is 24.3 Å². The Labute approximate surface area is 133 Å². The van der Waals surface area contributed by atoms with E-state index in [1.807, 2.05) is 6.07 Å². The van der Waals surface area contributed by atoms with Crippen molar-refractivity contribution in [3.63, 3.8) is 0 Å². The minimum Gasteiger partial charge on any atom is -0.302 e. The van der Waals surface area contributed by atoms with Crippen LogP contribution < -0.4 is 0 Å². The Morgan fingerprint density at radius 1 is 1.55 bits per heavy atom. The fraction of sp³-hybridized carbons (Fsp3) is 0.429. The second-order valence-electron chi connectivity index (χ2n) is 4.53. The van der Waals surface area contributed by atoms with Gasteiger partial charge in [-0.25, -0.2) is 0 Å². The first kappa shape index (κ1) is 15.6. The van der Waals surface area contributed by atoms with Crippen molar-refractivity contribution in [2.75, 3.05) is 11.6 Å². The molecule has 0 aliphatic rings. The Bertz CT molecular complexity index is 563. The highest BCUT2D eigenvalue weighted by Gasteiger charge is 2.15. The van der Waals surface area contributed by atoms with E-state index in [9.17, 15) is 0 Å². The molecular formula is C14H18ClN3S2. The van der Waals surface area contributed by atoms with Gasteiger partial charge in [0.25, 0.3) is 0 Å². The maximum absolute atomic E-state index is 5.82. The van der Waals surface area contributed by atoms with E-state index in [2.05, 4.69) is 46.6 Å². The van der Waals surface area contributed by atoms with Crippen LogP contribution in [0.2, 0.25) is 0 Å². The zero-order valence-corrected chi connectivity index (χ0v) is 14.1. The van der Waals surface area contributed by atoms with Crippen LogP contribution in [0.1, 0.15) is 13.8 Å². The molecule has 0 amide bonds. The van der Waals surface area contributed by atoms with Gasteiger partial charge < -0.3 is 4.57 Å². The maximum atomic E-state index is 5.82. The first-order chi connectivity index (χ1) is 9.67. The summed E-state index contributed by atoms with van der Waals surface area (Å²) in [6.45, 7) is 9.12. The second-order valence-corrected chi connectivity index (χ2v) is 6.73. The lowest BCUT2D eigenvalue weighted by Crippen LogP contribution is -2.05. The minimum absolute atomic E-state index is 0.379. The Balaban J connectivity index is 2.11. The SMILES string of the molecule is C=C(CCl)C(C)CSc1nnc(-c2cccs2)n1CC. The molecule has 3 nitrogen and oxygen atoms in total. The predicted molar refractivity (Wildman–Crippen MR) is 88.8 cm³/mol. The number of thiophene rings is 1. The molecule has 108 valence electrons. The Morgan fingerprint density at radius 3 is 2.95 bits per heavy atom. The standard InChI is InChI=1S/C14H18ClN3S2/c1-4-18-13(12-6-5-7-19-12)16-17-14(18)20-9-11(3)10(2)8-15/h5-7,11H,2,4,8-9H2,1,3H3. The third kappa shape index (κ3) is 3.45. The number of alkyl halides is 1. The molecule has 1 atom stereocenters. The molecule has 0 saturated heterocycles. The van der Waals surface area contributed by atoms with E-state index in [0.717, 1.165) is 33.7 Å². The monoisotopic (exact) mass is 327 g/mol. The van der Waals surface area contributed by atoms with Crippen LogP contribution >= 0.6 is 34.7 Å². The summed E-state index contributed by atoms with van der Waals surface area (Å²) in [5.41, 5.74) is 1.07. The van der Waals surface area contributed by atoms with E-state index in [0.29, 0.717) is 11.8 Å². The lowest BCUT2D eigenvalue weighted by Gasteiger charge is -2.12. The van der Waals surface area contributed by atoms with Gasteiger partial charge in [-0.15, -0.1) is 33.1 Å². The van der Waals surface area contributed by atoms with Gasteiger partial charge in [0.2, 0.25) is 0 Å². The molecule has 2 aromatic heterocycles. The normalized spacial score (nSPS) is 12.6. The summed E-state index contributed by atoms with van der Waals surface area (Å²) in [5, 5.41) is 11.7. The highest BCUT2D eigenvalue weighted by Crippen LogP contribution is 2.28. The number of thioether (sulfide) groups is 1. The van der Waals surface area contributed by atoms with Crippen LogP contribution in [0.4, 0.5) is 0 Å². The molecule has 2 aromatic rings. The lowest BCUT2D eigenvalue weighted by atomic mass is 10.1. The molecule has 0 bridgehead atoms. The van der Waals surface area contributed by atoms with E-state index >= 15 is 0 Å². The number of aromatic nitrogens is 3. The van der Waals surface area contributed by atoms with Crippen LogP contribution in [0.5, 0.6) is 0 Å². The lowest BCUT2D eigenvalue weighted by molar-refractivity contribution is 0.685. The van der Waals surface area contributed by atoms with Gasteiger partial charge in [-0.1, -0.05) is 36.9 Å². The smallest absolute Gasteiger partial charge is 0.191 e. The largest absolute Gasteiger partial charge is 0.302 e. The molecule has 0 spiro atoms. The third-order valence-corrected chi connectivity index (χ3v) is 5.54. The molecule has 2 heterocycles. The average molecular weight is 328 g/mol. The topological polar surface area (TPSA) is 30.7 Å². The zero-order valence-electron chi connectivity index (χ0n) is 11.7. The fourth-order valence-electron chi connectivity index (χ4n) is 1.72. The van der Waals surface area contributed by atoms with Crippen molar-refractivity contribution in [2.45, 2.75) is 25.5 Å². The number of halogens is 1. The van der Waals surface area contributed by atoms with Crippen molar-refractivity contribution < 1.29 is 0 Å². The summed E-state index contributed by atoms with van der Waals surface area (Å²) >= 11 is 9.22.